The van der Waals surface area contributed by atoms with Crippen molar-refractivity contribution >= 4 is 18.4 Å². The van der Waals surface area contributed by atoms with Crippen LogP contribution in [0.25, 0.3) is 0 Å². The zero-order valence-electron chi connectivity index (χ0n) is 8.22. The molecule has 0 saturated carbocycles. The monoisotopic (exact) mass is 227 g/mol. The number of carboxylic acids is 1. The molecule has 0 radical (unpaired) electrons. The van der Waals surface area contributed by atoms with Gasteiger partial charge in [-0.3, -0.25) is 4.79 Å². The zero-order chi connectivity index (χ0) is 9.97. The van der Waals surface area contributed by atoms with Crippen molar-refractivity contribution in [2.75, 3.05) is 13.1 Å². The molecule has 1 heterocycles. The lowest BCUT2D eigenvalue weighted by molar-refractivity contribution is -0.141. The van der Waals surface area contributed by atoms with Crippen molar-refractivity contribution in [1.82, 2.24) is 5.32 Å². The zero-order valence-corrected chi connectivity index (χ0v) is 9.04. The van der Waals surface area contributed by atoms with Crippen LogP contribution in [-0.2, 0) is 4.79 Å². The van der Waals surface area contributed by atoms with E-state index in [2.05, 4.69) is 5.32 Å². The lowest BCUT2D eigenvalue weighted by atomic mass is 9.89. The van der Waals surface area contributed by atoms with E-state index in [1.54, 1.807) is 0 Å². The third-order valence-electron chi connectivity index (χ3n) is 2.76. The Hall–Kier alpha value is -1.06. The van der Waals surface area contributed by atoms with Crippen LogP contribution in [0.4, 0.5) is 0 Å². The maximum atomic E-state index is 10.9. The van der Waals surface area contributed by atoms with Gasteiger partial charge in [0.1, 0.15) is 0 Å². The molecule has 1 aliphatic rings. The normalized spacial score (nSPS) is 24.5. The molecule has 0 amide bonds. The highest BCUT2D eigenvalue weighted by atomic mass is 35.5. The summed E-state index contributed by atoms with van der Waals surface area (Å²) in [5.74, 6) is -0.866. The van der Waals surface area contributed by atoms with Gasteiger partial charge in [0.25, 0.3) is 0 Å². The number of carboxylic acid groups (broad SMARTS) is 1. The first kappa shape index (κ1) is 12.0. The van der Waals surface area contributed by atoms with E-state index >= 15 is 0 Å². The number of benzene rings is 1. The molecule has 2 rings (SSSR count). The molecule has 3 nitrogen and oxygen atoms in total. The summed E-state index contributed by atoms with van der Waals surface area (Å²) in [6.45, 7) is 1.34. The van der Waals surface area contributed by atoms with E-state index < -0.39 is 5.97 Å². The van der Waals surface area contributed by atoms with Gasteiger partial charge in [0.15, 0.2) is 0 Å². The highest BCUT2D eigenvalue weighted by Crippen LogP contribution is 2.27. The van der Waals surface area contributed by atoms with Gasteiger partial charge in [0.05, 0.1) is 5.92 Å². The minimum atomic E-state index is -0.705. The molecular formula is C11H14ClNO2. The SMILES string of the molecule is Cl.O=C(O)[C@@H]1CNC[C@H]1c1ccccc1. The van der Waals surface area contributed by atoms with Crippen LogP contribution in [0.15, 0.2) is 30.3 Å². The van der Waals surface area contributed by atoms with Gasteiger partial charge in [0.2, 0.25) is 0 Å². The molecule has 1 aliphatic heterocycles. The molecule has 0 spiro atoms. The van der Waals surface area contributed by atoms with Crippen LogP contribution in [0.2, 0.25) is 0 Å². The lowest BCUT2D eigenvalue weighted by Gasteiger charge is -2.14. The van der Waals surface area contributed by atoms with Gasteiger partial charge >= 0.3 is 5.97 Å². The number of halogens is 1. The Morgan fingerprint density at radius 2 is 1.93 bits per heavy atom. The van der Waals surface area contributed by atoms with Crippen LogP contribution in [0, 0.1) is 5.92 Å². The first-order valence-corrected chi connectivity index (χ1v) is 4.77. The number of hydrogen-bond acceptors (Lipinski definition) is 2. The fourth-order valence-corrected chi connectivity index (χ4v) is 1.99. The van der Waals surface area contributed by atoms with E-state index in [1.807, 2.05) is 30.3 Å². The summed E-state index contributed by atoms with van der Waals surface area (Å²) in [5.41, 5.74) is 1.12. The van der Waals surface area contributed by atoms with Gasteiger partial charge in [-0.15, -0.1) is 12.4 Å². The van der Waals surface area contributed by atoms with Gasteiger partial charge in [-0.2, -0.15) is 0 Å². The number of nitrogens with one attached hydrogen (secondary N) is 1. The predicted octanol–water partition coefficient (Wildman–Crippen LogP) is 1.50. The highest BCUT2D eigenvalue weighted by Gasteiger charge is 2.33. The molecule has 0 aliphatic carbocycles. The Bertz CT molecular complexity index is 329. The Labute approximate surface area is 94.9 Å². The second kappa shape index (κ2) is 5.14. The second-order valence-corrected chi connectivity index (χ2v) is 3.62. The standard InChI is InChI=1S/C11H13NO2.ClH/c13-11(14)10-7-12-6-9(10)8-4-2-1-3-5-8;/h1-5,9-10,12H,6-7H2,(H,13,14);1H/t9-,10+;/m0./s1. The Kier molecular flexibility index (Phi) is 4.12. The predicted molar refractivity (Wildman–Crippen MR) is 60.4 cm³/mol. The molecule has 1 aromatic carbocycles. The van der Waals surface area contributed by atoms with Crippen LogP contribution >= 0.6 is 12.4 Å². The highest BCUT2D eigenvalue weighted by molar-refractivity contribution is 5.85. The molecule has 2 atom stereocenters. The van der Waals surface area contributed by atoms with Gasteiger partial charge in [-0.25, -0.2) is 0 Å². The van der Waals surface area contributed by atoms with Crippen LogP contribution in [0.1, 0.15) is 11.5 Å². The maximum Gasteiger partial charge on any atom is 0.308 e. The maximum absolute atomic E-state index is 10.9. The quantitative estimate of drug-likeness (QED) is 0.805. The van der Waals surface area contributed by atoms with E-state index in [-0.39, 0.29) is 24.2 Å². The van der Waals surface area contributed by atoms with Crippen molar-refractivity contribution in [3.05, 3.63) is 35.9 Å². The van der Waals surface area contributed by atoms with E-state index in [4.69, 9.17) is 5.11 Å². The Morgan fingerprint density at radius 1 is 1.27 bits per heavy atom. The van der Waals surface area contributed by atoms with Crippen molar-refractivity contribution in [2.24, 2.45) is 5.92 Å². The van der Waals surface area contributed by atoms with Gasteiger partial charge in [-0.1, -0.05) is 30.3 Å². The summed E-state index contributed by atoms with van der Waals surface area (Å²) in [6, 6.07) is 9.84. The van der Waals surface area contributed by atoms with Gasteiger partial charge < -0.3 is 10.4 Å². The topological polar surface area (TPSA) is 49.3 Å². The van der Waals surface area contributed by atoms with Crippen LogP contribution in [-0.4, -0.2) is 24.2 Å². The van der Waals surface area contributed by atoms with E-state index in [0.29, 0.717) is 6.54 Å². The first-order valence-electron chi connectivity index (χ1n) is 4.77. The summed E-state index contributed by atoms with van der Waals surface area (Å²) in [7, 11) is 0. The van der Waals surface area contributed by atoms with Crippen molar-refractivity contribution in [3.63, 3.8) is 0 Å². The Balaban J connectivity index is 0.00000112. The van der Waals surface area contributed by atoms with E-state index in [1.165, 1.54) is 0 Å². The third-order valence-corrected chi connectivity index (χ3v) is 2.76. The summed E-state index contributed by atoms with van der Waals surface area (Å²) in [6.07, 6.45) is 0. The lowest BCUT2D eigenvalue weighted by Crippen LogP contribution is -2.20. The average molecular weight is 228 g/mol. The molecule has 1 aromatic rings. The number of rotatable bonds is 2. The fraction of sp³-hybridized carbons (Fsp3) is 0.364. The summed E-state index contributed by atoms with van der Waals surface area (Å²) in [4.78, 5) is 10.9. The summed E-state index contributed by atoms with van der Waals surface area (Å²) in [5, 5.41) is 12.1. The molecule has 15 heavy (non-hydrogen) atoms. The molecule has 2 N–H and O–H groups in total. The molecule has 0 aromatic heterocycles. The number of aliphatic carboxylic acids is 1. The van der Waals surface area contributed by atoms with Crippen molar-refractivity contribution < 1.29 is 9.90 Å². The third kappa shape index (κ3) is 2.49. The van der Waals surface area contributed by atoms with Crippen molar-refractivity contribution in [3.8, 4) is 0 Å². The number of carbonyl (C=O) groups is 1. The fourth-order valence-electron chi connectivity index (χ4n) is 1.99. The first-order chi connectivity index (χ1) is 6.79. The molecule has 1 saturated heterocycles. The Morgan fingerprint density at radius 3 is 2.53 bits per heavy atom. The summed E-state index contributed by atoms with van der Waals surface area (Å²) < 4.78 is 0. The van der Waals surface area contributed by atoms with Gasteiger partial charge in [0, 0.05) is 19.0 Å². The molecule has 82 valence electrons. The van der Waals surface area contributed by atoms with Crippen LogP contribution < -0.4 is 5.32 Å². The average Bonchev–Trinajstić information content (AvgIpc) is 2.67. The minimum Gasteiger partial charge on any atom is -0.481 e. The summed E-state index contributed by atoms with van der Waals surface area (Å²) >= 11 is 0. The minimum absolute atomic E-state index is 0. The second-order valence-electron chi connectivity index (χ2n) is 3.62. The van der Waals surface area contributed by atoms with Crippen molar-refractivity contribution in [2.45, 2.75) is 5.92 Å². The van der Waals surface area contributed by atoms with E-state index in [9.17, 15) is 4.79 Å². The molecule has 4 heteroatoms. The van der Waals surface area contributed by atoms with E-state index in [0.717, 1.165) is 12.1 Å². The molecule has 0 unspecified atom stereocenters. The number of hydrogen-bond donors (Lipinski definition) is 2. The molecule has 1 fully saturated rings. The molecule has 0 bridgehead atoms. The van der Waals surface area contributed by atoms with Crippen molar-refractivity contribution in [1.29, 1.82) is 0 Å². The van der Waals surface area contributed by atoms with Crippen LogP contribution in [0.3, 0.4) is 0 Å². The molecular weight excluding hydrogens is 214 g/mol. The van der Waals surface area contributed by atoms with Gasteiger partial charge in [-0.05, 0) is 5.56 Å². The largest absolute Gasteiger partial charge is 0.481 e. The smallest absolute Gasteiger partial charge is 0.308 e. The van der Waals surface area contributed by atoms with Crippen LogP contribution in [0.5, 0.6) is 0 Å².